The lowest BCUT2D eigenvalue weighted by molar-refractivity contribution is -0.380. The smallest absolute Gasteiger partial charge is 0.324 e. The molecule has 3 aromatic carbocycles. The maximum Gasteiger partial charge on any atom is 0.324 e. The molecular weight excluding hydrogens is 905 g/mol. The second-order valence-electron chi connectivity index (χ2n) is 15.7. The van der Waals surface area contributed by atoms with Gasteiger partial charge in [-0.15, -0.1) is 0 Å². The molecule has 0 aliphatic carbocycles. The van der Waals surface area contributed by atoms with Crippen LogP contribution in [-0.2, 0) is 37.4 Å². The van der Waals surface area contributed by atoms with Gasteiger partial charge in [0.05, 0.1) is 28.8 Å². The van der Waals surface area contributed by atoms with Crippen LogP contribution in [0.1, 0.15) is 56.1 Å². The molecule has 5 heterocycles. The largest absolute Gasteiger partial charge is 0.478 e. The van der Waals surface area contributed by atoms with E-state index in [1.807, 2.05) is 24.3 Å². The molecule has 22 heteroatoms. The first-order valence-electron chi connectivity index (χ1n) is 21.2. The first kappa shape index (κ1) is 45.8. The Hall–Kier alpha value is -7.72. The van der Waals surface area contributed by atoms with Gasteiger partial charge in [-0.3, -0.25) is 44.1 Å². The van der Waals surface area contributed by atoms with Crippen molar-refractivity contribution in [3.05, 3.63) is 129 Å². The molecule has 1 atom stereocenters. The van der Waals surface area contributed by atoms with Crippen molar-refractivity contribution in [2.24, 2.45) is 0 Å². The van der Waals surface area contributed by atoms with Gasteiger partial charge in [0.1, 0.15) is 6.04 Å². The lowest BCUT2D eigenvalue weighted by Gasteiger charge is -2.38. The normalized spacial score (nSPS) is 16.2. The van der Waals surface area contributed by atoms with Crippen LogP contribution in [0.2, 0.25) is 0 Å². The van der Waals surface area contributed by atoms with Crippen molar-refractivity contribution in [1.82, 2.24) is 25.5 Å². The van der Waals surface area contributed by atoms with E-state index >= 15 is 0 Å². The van der Waals surface area contributed by atoms with Gasteiger partial charge in [0.2, 0.25) is 23.5 Å². The molecule has 20 nitrogen and oxygen atoms in total. The molecule has 0 saturated carbocycles. The minimum atomic E-state index is -4.14. The molecule has 67 heavy (non-hydrogen) atoms. The summed E-state index contributed by atoms with van der Waals surface area (Å²) in [5.41, 5.74) is 4.75. The van der Waals surface area contributed by atoms with Crippen molar-refractivity contribution in [3.63, 3.8) is 0 Å². The summed E-state index contributed by atoms with van der Waals surface area (Å²) in [4.78, 5) is 88.4. The maximum absolute atomic E-state index is 13.3. The SMILES string of the molecule is COc1nc(CCCNC(=O)c2ccc(N3CCN(c4cccc5c4CN(C4CCC(=O)NC4=O)C5=O)CC3)cc2)cnc1NS(=O)(=O)c1ccc(NC(=O)/C=C/c2ccc([N+](=O)[O-])s2)cc1. The number of anilines is 4. The summed E-state index contributed by atoms with van der Waals surface area (Å²) < 4.78 is 34.1. The van der Waals surface area contributed by atoms with Crippen molar-refractivity contribution < 1.29 is 42.1 Å². The highest BCUT2D eigenvalue weighted by molar-refractivity contribution is 7.92. The van der Waals surface area contributed by atoms with Gasteiger partial charge in [-0.2, -0.15) is 0 Å². The Morgan fingerprint density at radius 1 is 0.985 bits per heavy atom. The van der Waals surface area contributed by atoms with Crippen molar-refractivity contribution in [1.29, 1.82) is 0 Å². The first-order valence-corrected chi connectivity index (χ1v) is 23.5. The number of benzene rings is 3. The molecule has 2 fully saturated rings. The first-order chi connectivity index (χ1) is 32.3. The fourth-order valence-corrected chi connectivity index (χ4v) is 9.71. The van der Waals surface area contributed by atoms with Crippen LogP contribution in [0.5, 0.6) is 5.88 Å². The Balaban J connectivity index is 0.775. The Morgan fingerprint density at radius 2 is 1.73 bits per heavy atom. The van der Waals surface area contributed by atoms with Crippen LogP contribution < -0.4 is 35.2 Å². The summed E-state index contributed by atoms with van der Waals surface area (Å²) in [7, 11) is -2.80. The van der Waals surface area contributed by atoms with E-state index in [1.54, 1.807) is 23.1 Å². The van der Waals surface area contributed by atoms with Crippen molar-refractivity contribution in [3.8, 4) is 5.88 Å². The molecule has 5 amide bonds. The zero-order valence-corrected chi connectivity index (χ0v) is 37.6. The average molecular weight is 949 g/mol. The standard InChI is InChI=1S/C45H44N10O10S2/c1-65-44-41(51-67(63,64)33-15-9-29(10-16-33)48-38(56)18-13-32-14-20-40(66-32)55(61)62)47-26-30(49-44)4-3-21-46-42(58)28-7-11-31(12-8-28)52-22-24-53(25-23-52)36-6-2-5-34-35(36)27-54(45(34)60)37-17-19-39(57)50-43(37)59/h2,5-16,18,20,26,37H,3-4,17,19,21-25,27H2,1H3,(H,46,58)(H,47,51)(H,48,56)(H,50,57,59)/b18-13+. The quantitative estimate of drug-likeness (QED) is 0.0353. The van der Waals surface area contributed by atoms with Crippen LogP contribution in [-0.4, -0.2) is 104 Å². The molecule has 0 radical (unpaired) electrons. The van der Waals surface area contributed by atoms with Gasteiger partial charge in [0.15, 0.2) is 0 Å². The number of thiophene rings is 1. The number of ether oxygens (including phenoxy) is 1. The minimum absolute atomic E-state index is 0.0446. The highest BCUT2D eigenvalue weighted by Gasteiger charge is 2.40. The Kier molecular flexibility index (Phi) is 13.5. The molecule has 346 valence electrons. The molecule has 4 N–H and O–H groups in total. The molecule has 5 aromatic rings. The molecule has 3 aliphatic heterocycles. The summed E-state index contributed by atoms with van der Waals surface area (Å²) in [5, 5.41) is 18.7. The number of methoxy groups -OCH3 is 1. The van der Waals surface area contributed by atoms with E-state index in [0.717, 1.165) is 28.3 Å². The number of aryl methyl sites for hydroxylation is 1. The number of nitro groups is 1. The van der Waals surface area contributed by atoms with Crippen LogP contribution >= 0.6 is 11.3 Å². The summed E-state index contributed by atoms with van der Waals surface area (Å²) in [5.74, 6) is -1.87. The van der Waals surface area contributed by atoms with E-state index in [4.69, 9.17) is 4.74 Å². The molecule has 3 aliphatic rings. The number of imide groups is 1. The zero-order valence-electron chi connectivity index (χ0n) is 36.0. The summed E-state index contributed by atoms with van der Waals surface area (Å²) in [6.45, 7) is 3.49. The molecule has 2 aromatic heterocycles. The second kappa shape index (κ2) is 19.8. The van der Waals surface area contributed by atoms with Crippen LogP contribution in [0.25, 0.3) is 6.08 Å². The van der Waals surface area contributed by atoms with Gasteiger partial charge in [0.25, 0.3) is 27.7 Å². The van der Waals surface area contributed by atoms with Gasteiger partial charge in [-0.25, -0.2) is 18.4 Å². The third kappa shape index (κ3) is 10.5. The molecular formula is C45H44N10O10S2. The number of hydrogen-bond acceptors (Lipinski definition) is 15. The number of nitrogens with zero attached hydrogens (tertiary/aromatic N) is 6. The number of amides is 5. The van der Waals surface area contributed by atoms with E-state index in [9.17, 15) is 42.5 Å². The van der Waals surface area contributed by atoms with E-state index in [1.165, 1.54) is 61.9 Å². The van der Waals surface area contributed by atoms with Gasteiger partial charge in [-0.05, 0) is 92.1 Å². The summed E-state index contributed by atoms with van der Waals surface area (Å²) in [6, 6.07) is 20.7. The van der Waals surface area contributed by atoms with Gasteiger partial charge in [-0.1, -0.05) is 17.4 Å². The number of fused-ring (bicyclic) bond motifs is 1. The van der Waals surface area contributed by atoms with E-state index < -0.39 is 32.8 Å². The third-order valence-electron chi connectivity index (χ3n) is 11.4. The molecule has 8 rings (SSSR count). The highest BCUT2D eigenvalue weighted by Crippen LogP contribution is 2.35. The van der Waals surface area contributed by atoms with Gasteiger partial charge >= 0.3 is 5.00 Å². The van der Waals surface area contributed by atoms with Crippen LogP contribution in [0.15, 0.2) is 96.0 Å². The second-order valence-corrected chi connectivity index (χ2v) is 18.5. The lowest BCUT2D eigenvalue weighted by atomic mass is 10.0. The van der Waals surface area contributed by atoms with Crippen molar-refractivity contribution >= 4 is 84.9 Å². The lowest BCUT2D eigenvalue weighted by Crippen LogP contribution is -2.52. The summed E-state index contributed by atoms with van der Waals surface area (Å²) >= 11 is 0.921. The number of hydrogen-bond donors (Lipinski definition) is 4. The van der Waals surface area contributed by atoms with Crippen molar-refractivity contribution in [2.45, 2.75) is 43.2 Å². The predicted molar refractivity (Wildman–Crippen MR) is 248 cm³/mol. The molecule has 2 saturated heterocycles. The highest BCUT2D eigenvalue weighted by atomic mass is 32.2. The van der Waals surface area contributed by atoms with Crippen LogP contribution in [0.3, 0.4) is 0 Å². The van der Waals surface area contributed by atoms with E-state index in [2.05, 4.69) is 40.4 Å². The van der Waals surface area contributed by atoms with Gasteiger partial charge in [0, 0.05) is 96.5 Å². The van der Waals surface area contributed by atoms with Gasteiger partial charge < -0.3 is 30.1 Å². The average Bonchev–Trinajstić information content (AvgIpc) is 3.95. The number of carbonyl (C=O) groups is 5. The number of piperidine rings is 1. The van der Waals surface area contributed by atoms with Crippen molar-refractivity contribution in [2.75, 3.05) is 59.7 Å². The molecule has 0 spiro atoms. The number of sulfonamides is 1. The number of piperazine rings is 1. The van der Waals surface area contributed by atoms with Crippen LogP contribution in [0.4, 0.5) is 27.9 Å². The Labute approximate surface area is 388 Å². The molecule has 1 unspecified atom stereocenters. The predicted octanol–water partition coefficient (Wildman–Crippen LogP) is 4.36. The molecule has 0 bridgehead atoms. The fraction of sp³-hybridized carbons (Fsp3) is 0.267. The summed E-state index contributed by atoms with van der Waals surface area (Å²) in [6.07, 6.45) is 5.51. The topological polar surface area (TPSA) is 255 Å². The van der Waals surface area contributed by atoms with E-state index in [0.29, 0.717) is 85.9 Å². The monoisotopic (exact) mass is 948 g/mol. The van der Waals surface area contributed by atoms with E-state index in [-0.39, 0.29) is 45.7 Å². The fourth-order valence-electron chi connectivity index (χ4n) is 7.98. The zero-order chi connectivity index (χ0) is 47.2. The number of carbonyl (C=O) groups excluding carboxylic acids is 5. The third-order valence-corrected chi connectivity index (χ3v) is 13.8. The number of aromatic nitrogens is 2. The Bertz CT molecular complexity index is 2880. The van der Waals surface area contributed by atoms with Crippen LogP contribution in [0, 0.1) is 10.1 Å². The minimum Gasteiger partial charge on any atom is -0.478 e. The maximum atomic E-state index is 13.3. The number of rotatable bonds is 16. The number of nitrogens with one attached hydrogen (secondary N) is 4. The Morgan fingerprint density at radius 3 is 2.43 bits per heavy atom.